The molecular weight excluding hydrogens is 436 g/mol. The minimum Gasteiger partial charge on any atom is -0.493 e. The standard InChI is InChI=1S/C25H24N4O3S/c1-31-22-12-18-11-19(24(30)28-21(18)13-23(22)32-2)16-29(15-17-7-6-10-26-14-17)25(33)27-20-8-4-3-5-9-20/h3-14H,15-16H2,1-2H3,(H,27,33)(H,28,30). The van der Waals surface area contributed by atoms with Crippen molar-refractivity contribution in [3.05, 3.63) is 94.5 Å². The molecule has 8 heteroatoms. The monoisotopic (exact) mass is 460 g/mol. The second-order valence-corrected chi connectivity index (χ2v) is 7.82. The molecule has 2 aromatic carbocycles. The molecule has 0 spiro atoms. The lowest BCUT2D eigenvalue weighted by atomic mass is 10.1. The number of pyridine rings is 2. The number of anilines is 1. The van der Waals surface area contributed by atoms with Crippen LogP contribution in [0, 0.1) is 0 Å². The van der Waals surface area contributed by atoms with Crippen molar-refractivity contribution in [3.8, 4) is 11.5 Å². The van der Waals surface area contributed by atoms with Gasteiger partial charge in [-0.3, -0.25) is 9.78 Å². The van der Waals surface area contributed by atoms with E-state index >= 15 is 0 Å². The second-order valence-electron chi connectivity index (χ2n) is 7.43. The largest absolute Gasteiger partial charge is 0.493 e. The van der Waals surface area contributed by atoms with Crippen LogP contribution in [0.3, 0.4) is 0 Å². The number of ether oxygens (including phenoxy) is 2. The number of fused-ring (bicyclic) bond motifs is 1. The van der Waals surface area contributed by atoms with Crippen LogP contribution in [0.2, 0.25) is 0 Å². The molecule has 0 saturated carbocycles. The molecule has 0 unspecified atom stereocenters. The Bertz CT molecular complexity index is 1310. The third-order valence-corrected chi connectivity index (χ3v) is 5.56. The van der Waals surface area contributed by atoms with Gasteiger partial charge in [0.05, 0.1) is 26.3 Å². The Morgan fingerprint density at radius 3 is 2.48 bits per heavy atom. The summed E-state index contributed by atoms with van der Waals surface area (Å²) in [5.41, 5.74) is 2.93. The number of rotatable bonds is 7. The predicted molar refractivity (Wildman–Crippen MR) is 134 cm³/mol. The summed E-state index contributed by atoms with van der Waals surface area (Å²) in [6, 6.07) is 19.0. The summed E-state index contributed by atoms with van der Waals surface area (Å²) >= 11 is 5.71. The van der Waals surface area contributed by atoms with Gasteiger partial charge in [0.15, 0.2) is 16.6 Å². The van der Waals surface area contributed by atoms with Crippen molar-refractivity contribution in [1.29, 1.82) is 0 Å². The SMILES string of the molecule is COc1cc2cc(CN(Cc3cccnc3)C(=S)Nc3ccccc3)c(=O)[nH]c2cc1OC. The average Bonchev–Trinajstić information content (AvgIpc) is 2.84. The van der Waals surface area contributed by atoms with Crippen LogP contribution in [-0.2, 0) is 13.1 Å². The van der Waals surface area contributed by atoms with Gasteiger partial charge in [0.1, 0.15) is 0 Å². The van der Waals surface area contributed by atoms with Gasteiger partial charge in [-0.2, -0.15) is 0 Å². The van der Waals surface area contributed by atoms with E-state index in [1.54, 1.807) is 32.7 Å². The van der Waals surface area contributed by atoms with Crippen molar-refractivity contribution in [2.75, 3.05) is 19.5 Å². The van der Waals surface area contributed by atoms with E-state index in [2.05, 4.69) is 15.3 Å². The number of hydrogen-bond donors (Lipinski definition) is 2. The van der Waals surface area contributed by atoms with E-state index in [0.717, 1.165) is 16.6 Å². The Balaban J connectivity index is 1.67. The Hall–Kier alpha value is -3.91. The van der Waals surface area contributed by atoms with E-state index in [-0.39, 0.29) is 5.56 Å². The van der Waals surface area contributed by atoms with Gasteiger partial charge in [-0.05, 0) is 48.1 Å². The van der Waals surface area contributed by atoms with Crippen molar-refractivity contribution in [3.63, 3.8) is 0 Å². The van der Waals surface area contributed by atoms with Crippen LogP contribution < -0.4 is 20.3 Å². The fourth-order valence-electron chi connectivity index (χ4n) is 3.54. The maximum atomic E-state index is 12.9. The van der Waals surface area contributed by atoms with Crippen LogP contribution >= 0.6 is 12.2 Å². The fraction of sp³-hybridized carbons (Fsp3) is 0.160. The van der Waals surface area contributed by atoms with Crippen LogP contribution in [0.4, 0.5) is 5.69 Å². The summed E-state index contributed by atoms with van der Waals surface area (Å²) in [5, 5.41) is 4.61. The molecular formula is C25H24N4O3S. The summed E-state index contributed by atoms with van der Waals surface area (Å²) in [5.74, 6) is 1.15. The molecule has 7 nitrogen and oxygen atoms in total. The molecule has 0 saturated heterocycles. The predicted octanol–water partition coefficient (Wildman–Crippen LogP) is 4.34. The second kappa shape index (κ2) is 10.1. The minimum absolute atomic E-state index is 0.187. The van der Waals surface area contributed by atoms with Gasteiger partial charge in [0.2, 0.25) is 0 Å². The molecule has 0 fully saturated rings. The number of hydrogen-bond acceptors (Lipinski definition) is 5. The molecule has 33 heavy (non-hydrogen) atoms. The smallest absolute Gasteiger partial charge is 0.253 e. The highest BCUT2D eigenvalue weighted by Crippen LogP contribution is 2.31. The molecule has 0 aliphatic rings. The molecule has 2 heterocycles. The average molecular weight is 461 g/mol. The number of aromatic amines is 1. The number of para-hydroxylation sites is 1. The van der Waals surface area contributed by atoms with Crippen molar-refractivity contribution >= 4 is 33.9 Å². The first-order chi connectivity index (χ1) is 16.1. The molecule has 4 rings (SSSR count). The number of nitrogens with one attached hydrogen (secondary N) is 2. The summed E-state index contributed by atoms with van der Waals surface area (Å²) in [4.78, 5) is 22.0. The first kappa shape index (κ1) is 22.3. The number of thiocarbonyl (C=S) groups is 1. The Labute approximate surface area is 197 Å². The zero-order valence-electron chi connectivity index (χ0n) is 18.4. The summed E-state index contributed by atoms with van der Waals surface area (Å²) in [6.07, 6.45) is 3.52. The van der Waals surface area contributed by atoms with E-state index in [9.17, 15) is 4.79 Å². The zero-order valence-corrected chi connectivity index (χ0v) is 19.2. The van der Waals surface area contributed by atoms with Gasteiger partial charge in [-0.25, -0.2) is 0 Å². The summed E-state index contributed by atoms with van der Waals surface area (Å²) < 4.78 is 10.8. The highest BCUT2D eigenvalue weighted by Gasteiger charge is 2.16. The van der Waals surface area contributed by atoms with Gasteiger partial charge >= 0.3 is 0 Å². The lowest BCUT2D eigenvalue weighted by Gasteiger charge is -2.26. The first-order valence-electron chi connectivity index (χ1n) is 10.3. The lowest BCUT2D eigenvalue weighted by Crippen LogP contribution is -2.35. The third kappa shape index (κ3) is 5.30. The molecule has 0 radical (unpaired) electrons. The maximum absolute atomic E-state index is 12.9. The van der Waals surface area contributed by atoms with E-state index in [1.165, 1.54) is 0 Å². The van der Waals surface area contributed by atoms with Gasteiger partial charge in [-0.15, -0.1) is 0 Å². The van der Waals surface area contributed by atoms with Gasteiger partial charge in [0, 0.05) is 41.6 Å². The number of aromatic nitrogens is 2. The van der Waals surface area contributed by atoms with E-state index in [1.807, 2.05) is 59.5 Å². The molecule has 2 aromatic heterocycles. The third-order valence-electron chi connectivity index (χ3n) is 5.19. The molecule has 0 atom stereocenters. The lowest BCUT2D eigenvalue weighted by molar-refractivity contribution is 0.355. The highest BCUT2D eigenvalue weighted by molar-refractivity contribution is 7.80. The van der Waals surface area contributed by atoms with Crippen LogP contribution in [0.1, 0.15) is 11.1 Å². The van der Waals surface area contributed by atoms with Crippen LogP contribution in [0.15, 0.2) is 77.9 Å². The summed E-state index contributed by atoms with van der Waals surface area (Å²) in [6.45, 7) is 0.809. The van der Waals surface area contributed by atoms with Crippen molar-refractivity contribution in [2.45, 2.75) is 13.1 Å². The zero-order chi connectivity index (χ0) is 23.2. The van der Waals surface area contributed by atoms with E-state index < -0.39 is 0 Å². The molecule has 168 valence electrons. The Kier molecular flexibility index (Phi) is 6.85. The van der Waals surface area contributed by atoms with Crippen molar-refractivity contribution < 1.29 is 9.47 Å². The molecule has 0 aliphatic carbocycles. The molecule has 0 aliphatic heterocycles. The molecule has 0 bridgehead atoms. The molecule has 0 amide bonds. The highest BCUT2D eigenvalue weighted by atomic mass is 32.1. The van der Waals surface area contributed by atoms with Gasteiger partial charge in [0.25, 0.3) is 5.56 Å². The van der Waals surface area contributed by atoms with Crippen molar-refractivity contribution in [1.82, 2.24) is 14.9 Å². The number of benzene rings is 2. The normalized spacial score (nSPS) is 10.6. The number of H-pyrrole nitrogens is 1. The van der Waals surface area contributed by atoms with Crippen LogP contribution in [0.5, 0.6) is 11.5 Å². The van der Waals surface area contributed by atoms with E-state index in [0.29, 0.717) is 40.8 Å². The van der Waals surface area contributed by atoms with Crippen LogP contribution in [0.25, 0.3) is 10.9 Å². The fourth-order valence-corrected chi connectivity index (χ4v) is 3.78. The summed E-state index contributed by atoms with van der Waals surface area (Å²) in [7, 11) is 3.15. The Morgan fingerprint density at radius 1 is 1.03 bits per heavy atom. The van der Waals surface area contributed by atoms with Crippen molar-refractivity contribution in [2.24, 2.45) is 0 Å². The van der Waals surface area contributed by atoms with E-state index in [4.69, 9.17) is 21.7 Å². The number of nitrogens with zero attached hydrogens (tertiary/aromatic N) is 2. The Morgan fingerprint density at radius 2 is 1.79 bits per heavy atom. The molecule has 4 aromatic rings. The minimum atomic E-state index is -0.187. The maximum Gasteiger partial charge on any atom is 0.253 e. The first-order valence-corrected chi connectivity index (χ1v) is 10.8. The topological polar surface area (TPSA) is 79.5 Å². The molecule has 2 N–H and O–H groups in total. The van der Waals surface area contributed by atoms with Crippen LogP contribution in [-0.4, -0.2) is 34.2 Å². The van der Waals surface area contributed by atoms with Gasteiger partial charge in [-0.1, -0.05) is 24.3 Å². The van der Waals surface area contributed by atoms with Gasteiger partial charge < -0.3 is 24.7 Å². The number of methoxy groups -OCH3 is 2. The quantitative estimate of drug-likeness (QED) is 0.397.